The molecule has 3 rings (SSSR count). The number of anilines is 1. The van der Waals surface area contributed by atoms with Crippen LogP contribution in [0.2, 0.25) is 0 Å². The zero-order chi connectivity index (χ0) is 18.8. The Labute approximate surface area is 150 Å². The maximum atomic E-state index is 12.6. The first-order chi connectivity index (χ1) is 12.3. The second-order valence-electron chi connectivity index (χ2n) is 6.11. The van der Waals surface area contributed by atoms with E-state index in [1.807, 2.05) is 32.9 Å². The van der Waals surface area contributed by atoms with Crippen molar-refractivity contribution in [3.63, 3.8) is 0 Å². The van der Waals surface area contributed by atoms with E-state index in [4.69, 9.17) is 0 Å². The number of aryl methyl sites for hydroxylation is 3. The van der Waals surface area contributed by atoms with Crippen LogP contribution in [0.3, 0.4) is 0 Å². The molecule has 0 spiro atoms. The van der Waals surface area contributed by atoms with Crippen molar-refractivity contribution in [2.24, 2.45) is 0 Å². The average Bonchev–Trinajstić information content (AvgIpc) is 2.97. The number of carbonyl (C=O) groups is 1. The van der Waals surface area contributed by atoms with E-state index < -0.39 is 4.92 Å². The summed E-state index contributed by atoms with van der Waals surface area (Å²) in [6, 6.07) is 13.3. The molecule has 1 heterocycles. The second kappa shape index (κ2) is 6.79. The molecule has 0 unspecified atom stereocenters. The average molecular weight is 350 g/mol. The molecule has 0 bridgehead atoms. The van der Waals surface area contributed by atoms with E-state index in [0.717, 1.165) is 16.8 Å². The third-order valence-electron chi connectivity index (χ3n) is 4.15. The van der Waals surface area contributed by atoms with Gasteiger partial charge in [-0.05, 0) is 56.2 Å². The fraction of sp³-hybridized carbons (Fsp3) is 0.158. The van der Waals surface area contributed by atoms with E-state index in [2.05, 4.69) is 10.4 Å². The van der Waals surface area contributed by atoms with Gasteiger partial charge in [0.2, 0.25) is 0 Å². The Kier molecular flexibility index (Phi) is 4.53. The third-order valence-corrected chi connectivity index (χ3v) is 4.15. The zero-order valence-corrected chi connectivity index (χ0v) is 14.7. The van der Waals surface area contributed by atoms with Crippen LogP contribution in [0.25, 0.3) is 5.69 Å². The lowest BCUT2D eigenvalue weighted by Crippen LogP contribution is -2.15. The third kappa shape index (κ3) is 3.46. The van der Waals surface area contributed by atoms with Gasteiger partial charge in [-0.25, -0.2) is 4.68 Å². The normalized spacial score (nSPS) is 10.6. The summed E-state index contributed by atoms with van der Waals surface area (Å²) in [5.74, 6) is 0.260. The van der Waals surface area contributed by atoms with Gasteiger partial charge < -0.3 is 5.32 Å². The van der Waals surface area contributed by atoms with Crippen molar-refractivity contribution in [2.75, 3.05) is 5.32 Å². The van der Waals surface area contributed by atoms with Crippen molar-refractivity contribution >= 4 is 17.4 Å². The van der Waals surface area contributed by atoms with E-state index in [1.165, 1.54) is 12.1 Å². The predicted molar refractivity (Wildman–Crippen MR) is 98.8 cm³/mol. The van der Waals surface area contributed by atoms with Gasteiger partial charge in [0.1, 0.15) is 5.82 Å². The van der Waals surface area contributed by atoms with Gasteiger partial charge in [0.25, 0.3) is 11.6 Å². The summed E-state index contributed by atoms with van der Waals surface area (Å²) in [4.78, 5) is 22.9. The Morgan fingerprint density at radius 3 is 2.35 bits per heavy atom. The maximum absolute atomic E-state index is 12.6. The summed E-state index contributed by atoms with van der Waals surface area (Å²) in [5, 5.41) is 18.0. The first kappa shape index (κ1) is 17.3. The summed E-state index contributed by atoms with van der Waals surface area (Å²) >= 11 is 0. The molecule has 7 nitrogen and oxygen atoms in total. The number of carbonyl (C=O) groups excluding carboxylic acids is 1. The number of nitrogens with zero attached hydrogens (tertiary/aromatic N) is 3. The molecular formula is C19H18N4O3. The minimum absolute atomic E-state index is 0.00153. The molecular weight excluding hydrogens is 332 g/mol. The van der Waals surface area contributed by atoms with Crippen LogP contribution in [-0.2, 0) is 0 Å². The van der Waals surface area contributed by atoms with Gasteiger partial charge in [0.05, 0.1) is 16.3 Å². The van der Waals surface area contributed by atoms with Crippen molar-refractivity contribution in [2.45, 2.75) is 20.8 Å². The van der Waals surface area contributed by atoms with Gasteiger partial charge in [-0.1, -0.05) is 6.07 Å². The monoisotopic (exact) mass is 350 g/mol. The Morgan fingerprint density at radius 2 is 1.73 bits per heavy atom. The number of hydrogen-bond acceptors (Lipinski definition) is 4. The molecule has 1 N–H and O–H groups in total. The fourth-order valence-electron chi connectivity index (χ4n) is 2.57. The van der Waals surface area contributed by atoms with Crippen LogP contribution >= 0.6 is 0 Å². The van der Waals surface area contributed by atoms with Crippen LogP contribution in [0, 0.1) is 30.9 Å². The topological polar surface area (TPSA) is 90.1 Å². The summed E-state index contributed by atoms with van der Waals surface area (Å²) in [7, 11) is 0. The van der Waals surface area contributed by atoms with Crippen molar-refractivity contribution in [3.8, 4) is 5.69 Å². The van der Waals surface area contributed by atoms with Crippen LogP contribution in [0.5, 0.6) is 0 Å². The molecule has 0 aliphatic carbocycles. The SMILES string of the molecule is Cc1cc(NC(=O)c2ccc(C)c(C)c2)n(-c2ccc([N+](=O)[O-])cc2)n1. The highest BCUT2D eigenvalue weighted by molar-refractivity contribution is 6.04. The van der Waals surface area contributed by atoms with Gasteiger partial charge in [0.15, 0.2) is 0 Å². The van der Waals surface area contributed by atoms with Crippen LogP contribution in [0.15, 0.2) is 48.5 Å². The number of non-ortho nitro benzene ring substituents is 1. The molecule has 7 heteroatoms. The number of benzene rings is 2. The Morgan fingerprint density at radius 1 is 1.04 bits per heavy atom. The summed E-state index contributed by atoms with van der Waals surface area (Å²) in [6.45, 7) is 5.76. The highest BCUT2D eigenvalue weighted by Crippen LogP contribution is 2.21. The standard InChI is InChI=1S/C19H18N4O3/c1-12-4-5-15(10-13(12)2)19(24)20-18-11-14(3)21-22(18)16-6-8-17(9-7-16)23(25)26/h4-11H,1-3H3,(H,20,24). The Hall–Kier alpha value is -3.48. The largest absolute Gasteiger partial charge is 0.306 e. The van der Waals surface area contributed by atoms with Crippen molar-refractivity contribution in [3.05, 3.63) is 81.0 Å². The quantitative estimate of drug-likeness (QED) is 0.570. The molecule has 0 saturated carbocycles. The highest BCUT2D eigenvalue weighted by atomic mass is 16.6. The van der Waals surface area contributed by atoms with Crippen molar-refractivity contribution in [1.29, 1.82) is 0 Å². The Bertz CT molecular complexity index is 991. The molecule has 0 fully saturated rings. The molecule has 132 valence electrons. The van der Waals surface area contributed by atoms with Crippen molar-refractivity contribution < 1.29 is 9.72 Å². The number of amides is 1. The smallest absolute Gasteiger partial charge is 0.269 e. The molecule has 2 aromatic carbocycles. The summed E-state index contributed by atoms with van der Waals surface area (Å²) in [6.07, 6.45) is 0. The molecule has 0 radical (unpaired) electrons. The fourth-order valence-corrected chi connectivity index (χ4v) is 2.57. The minimum Gasteiger partial charge on any atom is -0.306 e. The van der Waals surface area contributed by atoms with E-state index in [1.54, 1.807) is 28.9 Å². The van der Waals surface area contributed by atoms with E-state index in [-0.39, 0.29) is 11.6 Å². The van der Waals surface area contributed by atoms with E-state index in [9.17, 15) is 14.9 Å². The van der Waals surface area contributed by atoms with Gasteiger partial charge in [-0.3, -0.25) is 14.9 Å². The van der Waals surface area contributed by atoms with E-state index >= 15 is 0 Å². The molecule has 0 atom stereocenters. The number of nitro groups is 1. The number of nitro benzene ring substituents is 1. The minimum atomic E-state index is -0.458. The molecule has 26 heavy (non-hydrogen) atoms. The van der Waals surface area contributed by atoms with Crippen LogP contribution < -0.4 is 5.32 Å². The number of aromatic nitrogens is 2. The van der Waals surface area contributed by atoms with Gasteiger partial charge in [-0.15, -0.1) is 0 Å². The van der Waals surface area contributed by atoms with Gasteiger partial charge >= 0.3 is 0 Å². The molecule has 1 aromatic heterocycles. The lowest BCUT2D eigenvalue weighted by molar-refractivity contribution is -0.384. The maximum Gasteiger partial charge on any atom is 0.269 e. The lowest BCUT2D eigenvalue weighted by Gasteiger charge is -2.10. The summed E-state index contributed by atoms with van der Waals surface area (Å²) < 4.78 is 1.55. The number of hydrogen-bond donors (Lipinski definition) is 1. The van der Waals surface area contributed by atoms with E-state index in [0.29, 0.717) is 17.1 Å². The van der Waals surface area contributed by atoms with Gasteiger partial charge in [0, 0.05) is 23.8 Å². The molecule has 0 aliphatic heterocycles. The number of nitrogens with one attached hydrogen (secondary N) is 1. The van der Waals surface area contributed by atoms with Crippen LogP contribution in [-0.4, -0.2) is 20.6 Å². The van der Waals surface area contributed by atoms with Crippen molar-refractivity contribution in [1.82, 2.24) is 9.78 Å². The van der Waals surface area contributed by atoms with Gasteiger partial charge in [-0.2, -0.15) is 5.10 Å². The predicted octanol–water partition coefficient (Wildman–Crippen LogP) is 3.96. The van der Waals surface area contributed by atoms with Crippen LogP contribution in [0.1, 0.15) is 27.2 Å². The Balaban J connectivity index is 1.90. The highest BCUT2D eigenvalue weighted by Gasteiger charge is 2.14. The first-order valence-corrected chi connectivity index (χ1v) is 8.05. The molecule has 0 aliphatic rings. The lowest BCUT2D eigenvalue weighted by atomic mass is 10.1. The molecule has 1 amide bonds. The second-order valence-corrected chi connectivity index (χ2v) is 6.11. The molecule has 0 saturated heterocycles. The number of rotatable bonds is 4. The van der Waals surface area contributed by atoms with Crippen LogP contribution in [0.4, 0.5) is 11.5 Å². The molecule has 3 aromatic rings. The first-order valence-electron chi connectivity index (χ1n) is 8.05. The zero-order valence-electron chi connectivity index (χ0n) is 14.7. The summed E-state index contributed by atoms with van der Waals surface area (Å²) in [5.41, 5.74) is 4.06.